The van der Waals surface area contributed by atoms with Crippen molar-refractivity contribution in [1.29, 1.82) is 0 Å². The van der Waals surface area contributed by atoms with Crippen molar-refractivity contribution < 1.29 is 14.1 Å². The number of halogens is 1. The molecule has 2 N–H and O–H groups in total. The molecule has 2 saturated heterocycles. The third kappa shape index (κ3) is 5.61. The lowest BCUT2D eigenvalue weighted by Gasteiger charge is -2.42. The number of aliphatic hydroxyl groups is 1. The maximum Gasteiger partial charge on any atom is 0.233 e. The van der Waals surface area contributed by atoms with Gasteiger partial charge in [-0.2, -0.15) is 4.98 Å². The van der Waals surface area contributed by atoms with Crippen molar-refractivity contribution in [2.75, 3.05) is 60.8 Å². The summed E-state index contributed by atoms with van der Waals surface area (Å²) in [7, 11) is -2.03. The van der Waals surface area contributed by atoms with Crippen LogP contribution in [0.2, 0.25) is 0 Å². The molecule has 2 aromatic heterocycles. The summed E-state index contributed by atoms with van der Waals surface area (Å²) in [6, 6.07) is 6.38. The first-order valence-electron chi connectivity index (χ1n) is 13.2. The lowest BCUT2D eigenvalue weighted by atomic mass is 9.93. The van der Waals surface area contributed by atoms with Crippen molar-refractivity contribution in [3.05, 3.63) is 36.3 Å². The van der Waals surface area contributed by atoms with Crippen LogP contribution in [-0.2, 0) is 4.57 Å². The van der Waals surface area contributed by atoms with E-state index in [9.17, 15) is 14.1 Å². The van der Waals surface area contributed by atoms with Gasteiger partial charge < -0.3 is 24.8 Å². The minimum absolute atomic E-state index is 0.0117. The van der Waals surface area contributed by atoms with E-state index in [2.05, 4.69) is 56.1 Å². The molecule has 38 heavy (non-hydrogen) atoms. The zero-order valence-corrected chi connectivity index (χ0v) is 23.6. The third-order valence-electron chi connectivity index (χ3n) is 7.48. The average Bonchev–Trinajstić information content (AvgIpc) is 2.81. The van der Waals surface area contributed by atoms with Crippen LogP contribution in [-0.4, -0.2) is 82.5 Å². The van der Waals surface area contributed by atoms with E-state index in [-0.39, 0.29) is 6.54 Å². The van der Waals surface area contributed by atoms with E-state index in [0.29, 0.717) is 42.5 Å². The molecular weight excluding hydrogens is 504 g/mol. The van der Waals surface area contributed by atoms with Gasteiger partial charge in [-0.25, -0.2) is 19.3 Å². The molecule has 2 atom stereocenters. The third-order valence-corrected chi connectivity index (χ3v) is 8.87. The van der Waals surface area contributed by atoms with E-state index < -0.39 is 18.9 Å². The van der Waals surface area contributed by atoms with E-state index in [1.807, 2.05) is 25.6 Å². The highest BCUT2D eigenvalue weighted by Gasteiger charge is 2.40. The Hall–Kier alpha value is -2.84. The Morgan fingerprint density at radius 2 is 1.95 bits per heavy atom. The van der Waals surface area contributed by atoms with Gasteiger partial charge in [-0.3, -0.25) is 0 Å². The minimum atomic E-state index is -2.03. The van der Waals surface area contributed by atoms with Crippen molar-refractivity contribution in [3.8, 4) is 0 Å². The molecule has 2 fully saturated rings. The average molecular weight is 542 g/mol. The Morgan fingerprint density at radius 3 is 2.63 bits per heavy atom. The van der Waals surface area contributed by atoms with Crippen LogP contribution in [0.5, 0.6) is 0 Å². The number of hydrogen-bond donors (Lipinski definition) is 2. The predicted octanol–water partition coefficient (Wildman–Crippen LogP) is 4.64. The number of hydrogen-bond acceptors (Lipinski definition) is 9. The summed E-state index contributed by atoms with van der Waals surface area (Å²) < 4.78 is 27.0. The van der Waals surface area contributed by atoms with Crippen molar-refractivity contribution in [2.45, 2.75) is 44.9 Å². The quantitative estimate of drug-likeness (QED) is 0.414. The summed E-state index contributed by atoms with van der Waals surface area (Å²) in [6.45, 7) is 11.8. The number of anilines is 4. The molecule has 0 bridgehead atoms. The molecule has 0 spiro atoms. The molecular formula is C27H37FN7O2P. The van der Waals surface area contributed by atoms with Gasteiger partial charge in [-0.15, -0.1) is 0 Å². The number of aliphatic hydroxyl groups excluding tert-OH is 1. The van der Waals surface area contributed by atoms with Gasteiger partial charge in [-0.05, 0) is 55.7 Å². The molecule has 0 radical (unpaired) electrons. The SMILES string of the molecule is CC(C)c1ccc(N2CC(CP(C)(C)=O)C2)c2cnc(Nc3ncnc(N4CC[C@@H](O)[C@@](C)(F)C4)n3)cc12. The first-order chi connectivity index (χ1) is 17.9. The predicted molar refractivity (Wildman–Crippen MR) is 151 cm³/mol. The molecule has 0 unspecified atom stereocenters. The summed E-state index contributed by atoms with van der Waals surface area (Å²) in [4.78, 5) is 21.7. The number of nitrogens with one attached hydrogen (secondary N) is 1. The highest BCUT2D eigenvalue weighted by atomic mass is 31.2. The van der Waals surface area contributed by atoms with E-state index in [0.717, 1.165) is 35.7 Å². The number of aromatic nitrogens is 4. The van der Waals surface area contributed by atoms with Crippen LogP contribution in [0.25, 0.3) is 10.8 Å². The molecule has 0 amide bonds. The highest BCUT2D eigenvalue weighted by Crippen LogP contribution is 2.43. The monoisotopic (exact) mass is 541 g/mol. The number of piperidine rings is 1. The first kappa shape index (κ1) is 26.8. The number of alkyl halides is 1. The van der Waals surface area contributed by atoms with Crippen LogP contribution < -0.4 is 15.1 Å². The Labute approximate surface area is 223 Å². The van der Waals surface area contributed by atoms with E-state index in [1.54, 1.807) is 4.90 Å². The first-order valence-corrected chi connectivity index (χ1v) is 16.0. The van der Waals surface area contributed by atoms with Crippen LogP contribution in [0.3, 0.4) is 0 Å². The molecule has 11 heteroatoms. The van der Waals surface area contributed by atoms with Crippen molar-refractivity contribution in [2.24, 2.45) is 5.92 Å². The van der Waals surface area contributed by atoms with Gasteiger partial charge in [0.1, 0.15) is 12.1 Å². The normalized spacial score (nSPS) is 22.7. The number of benzene rings is 1. The second-order valence-corrected chi connectivity index (χ2v) is 15.2. The van der Waals surface area contributed by atoms with Gasteiger partial charge in [0.25, 0.3) is 0 Å². The Bertz CT molecular complexity index is 1370. The molecule has 4 heterocycles. The van der Waals surface area contributed by atoms with Crippen LogP contribution in [0, 0.1) is 5.92 Å². The standard InChI is InChI=1S/C27H37FN7O2P/c1-17(2)19-6-7-22(35-12-18(13-35)14-38(4,5)37)21-11-29-24(10-20(19)21)32-25-30-16-31-26(33-25)34-9-8-23(36)27(3,28)15-34/h6-7,10-11,16-18,23,36H,8-9,12-15H2,1-5H3,(H,29,30,31,32,33)/t23-,27+/m1/s1. The van der Waals surface area contributed by atoms with Gasteiger partial charge >= 0.3 is 0 Å². The van der Waals surface area contributed by atoms with E-state index >= 15 is 0 Å². The highest BCUT2D eigenvalue weighted by molar-refractivity contribution is 7.62. The molecule has 1 aromatic carbocycles. The fourth-order valence-electron chi connectivity index (χ4n) is 5.52. The van der Waals surface area contributed by atoms with Gasteiger partial charge in [0.2, 0.25) is 11.9 Å². The largest absolute Gasteiger partial charge is 0.390 e. The molecule has 2 aliphatic heterocycles. The number of rotatable bonds is 7. The second-order valence-electron chi connectivity index (χ2n) is 11.7. The van der Waals surface area contributed by atoms with E-state index in [4.69, 9.17) is 0 Å². The summed E-state index contributed by atoms with van der Waals surface area (Å²) in [5.41, 5.74) is 0.640. The second kappa shape index (κ2) is 10.0. The lowest BCUT2D eigenvalue weighted by molar-refractivity contribution is -0.00860. The van der Waals surface area contributed by atoms with Crippen molar-refractivity contribution >= 4 is 41.3 Å². The van der Waals surface area contributed by atoms with Crippen LogP contribution in [0.15, 0.2) is 30.7 Å². The molecule has 9 nitrogen and oxygen atoms in total. The smallest absolute Gasteiger partial charge is 0.233 e. The summed E-state index contributed by atoms with van der Waals surface area (Å²) in [5.74, 6) is 2.08. The minimum Gasteiger partial charge on any atom is -0.390 e. The van der Waals surface area contributed by atoms with Gasteiger partial charge in [-0.1, -0.05) is 19.9 Å². The number of nitrogens with zero attached hydrogens (tertiary/aromatic N) is 6. The van der Waals surface area contributed by atoms with Crippen LogP contribution in [0.1, 0.15) is 38.7 Å². The van der Waals surface area contributed by atoms with Crippen molar-refractivity contribution in [3.63, 3.8) is 0 Å². The summed E-state index contributed by atoms with van der Waals surface area (Å²) in [6.07, 6.45) is 3.38. The van der Waals surface area contributed by atoms with Crippen molar-refractivity contribution in [1.82, 2.24) is 19.9 Å². The molecule has 0 saturated carbocycles. The zero-order chi connectivity index (χ0) is 27.2. The van der Waals surface area contributed by atoms with Gasteiger partial charge in [0, 0.05) is 49.0 Å². The number of pyridine rings is 1. The van der Waals surface area contributed by atoms with Crippen LogP contribution in [0.4, 0.5) is 27.8 Å². The maximum atomic E-state index is 14.7. The van der Waals surface area contributed by atoms with E-state index in [1.165, 1.54) is 18.8 Å². The fourth-order valence-corrected chi connectivity index (χ4v) is 6.99. The zero-order valence-electron chi connectivity index (χ0n) is 22.7. The Balaban J connectivity index is 1.39. The molecule has 3 aromatic rings. The van der Waals surface area contributed by atoms with Gasteiger partial charge in [0.15, 0.2) is 5.67 Å². The molecule has 5 rings (SSSR count). The summed E-state index contributed by atoms with van der Waals surface area (Å²) in [5, 5.41) is 15.3. The topological polar surface area (TPSA) is 107 Å². The number of fused-ring (bicyclic) bond motifs is 1. The van der Waals surface area contributed by atoms with Crippen LogP contribution >= 0.6 is 7.14 Å². The lowest BCUT2D eigenvalue weighted by Crippen LogP contribution is -2.52. The fraction of sp³-hybridized carbons (Fsp3) is 0.556. The Morgan fingerprint density at radius 1 is 1.18 bits per heavy atom. The Kier molecular flexibility index (Phi) is 7.07. The molecule has 204 valence electrons. The maximum absolute atomic E-state index is 14.7. The van der Waals surface area contributed by atoms with Gasteiger partial charge in [0.05, 0.1) is 19.8 Å². The molecule has 0 aliphatic carbocycles. The summed E-state index contributed by atoms with van der Waals surface area (Å²) >= 11 is 0. The molecule has 2 aliphatic rings.